The fourth-order valence-corrected chi connectivity index (χ4v) is 5.09. The molecule has 0 aliphatic carbocycles. The van der Waals surface area contributed by atoms with Crippen molar-refractivity contribution < 1.29 is 18.9 Å². The summed E-state index contributed by atoms with van der Waals surface area (Å²) in [5.41, 5.74) is 7.40. The first-order chi connectivity index (χ1) is 21.1. The van der Waals surface area contributed by atoms with Crippen molar-refractivity contribution in [3.8, 4) is 45.5 Å². The second kappa shape index (κ2) is 14.1. The Bertz CT molecular complexity index is 1370. The van der Waals surface area contributed by atoms with E-state index < -0.39 is 0 Å². The highest BCUT2D eigenvalue weighted by molar-refractivity contribution is 5.77. The number of likely N-dealkylation sites (N-methyl/N-ethyl adjacent to an activating group) is 2. The minimum atomic E-state index is 0.736. The maximum Gasteiger partial charge on any atom is 0.146 e. The Morgan fingerprint density at radius 2 is 0.818 bits per heavy atom. The van der Waals surface area contributed by atoms with Crippen LogP contribution in [0, 0.1) is 0 Å². The van der Waals surface area contributed by atoms with Gasteiger partial charge in [-0.2, -0.15) is 0 Å². The van der Waals surface area contributed by atoms with E-state index in [1.54, 1.807) is 28.4 Å². The molecule has 0 bridgehead atoms. The van der Waals surface area contributed by atoms with E-state index in [9.17, 15) is 0 Å². The summed E-state index contributed by atoms with van der Waals surface area (Å²) in [7, 11) is 18.7. The van der Waals surface area contributed by atoms with Crippen LogP contribution in [0.2, 0.25) is 0 Å². The third-order valence-electron chi connectivity index (χ3n) is 7.59. The van der Waals surface area contributed by atoms with E-state index in [1.165, 1.54) is 0 Å². The Hall–Kier alpha value is -4.86. The summed E-state index contributed by atoms with van der Waals surface area (Å²) in [5.74, 6) is 2.94. The maximum absolute atomic E-state index is 5.65. The zero-order chi connectivity index (χ0) is 32.0. The van der Waals surface area contributed by atoms with Crippen LogP contribution in [0.5, 0.6) is 23.0 Å². The topological polar surface area (TPSA) is 75.7 Å². The molecule has 0 amide bonds. The Balaban J connectivity index is 1.42. The number of aromatic nitrogens is 2. The second-order valence-corrected chi connectivity index (χ2v) is 10.9. The fraction of sp³-hybridized carbons (Fsp3) is 0.353. The van der Waals surface area contributed by atoms with E-state index >= 15 is 0 Å². The van der Waals surface area contributed by atoms with Crippen molar-refractivity contribution in [3.05, 3.63) is 60.9 Å². The molecule has 44 heavy (non-hydrogen) atoms. The molecule has 2 heterocycles. The number of hydrogen-bond donors (Lipinski definition) is 0. The number of methoxy groups -OCH3 is 4. The van der Waals surface area contributed by atoms with Gasteiger partial charge in [-0.3, -0.25) is 9.97 Å². The number of pyridine rings is 2. The van der Waals surface area contributed by atoms with Gasteiger partial charge in [-0.15, -0.1) is 0 Å². The average Bonchev–Trinajstić information content (AvgIpc) is 3.05. The largest absolute Gasteiger partial charge is 0.494 e. The molecular weight excluding hydrogens is 556 g/mol. The zero-order valence-electron chi connectivity index (χ0n) is 27.5. The fourth-order valence-electron chi connectivity index (χ4n) is 5.09. The summed E-state index contributed by atoms with van der Waals surface area (Å²) in [6, 6.07) is 16.2. The summed E-state index contributed by atoms with van der Waals surface area (Å²) in [6.45, 7) is 1.61. The summed E-state index contributed by atoms with van der Waals surface area (Å²) in [5, 5.41) is 0. The van der Waals surface area contributed by atoms with Crippen molar-refractivity contribution in [2.24, 2.45) is 0 Å². The van der Waals surface area contributed by atoms with E-state index in [1.807, 2.05) is 86.8 Å². The number of ether oxygens (including phenoxy) is 4. The Morgan fingerprint density at radius 3 is 1.05 bits per heavy atom. The second-order valence-electron chi connectivity index (χ2n) is 10.9. The molecule has 4 rings (SSSR count). The molecular formula is C34H44N6O4. The van der Waals surface area contributed by atoms with Gasteiger partial charge in [0.1, 0.15) is 34.4 Å². The highest BCUT2D eigenvalue weighted by atomic mass is 16.5. The van der Waals surface area contributed by atoms with E-state index in [2.05, 4.69) is 36.0 Å². The molecule has 0 atom stereocenters. The van der Waals surface area contributed by atoms with Gasteiger partial charge < -0.3 is 38.5 Å². The highest BCUT2D eigenvalue weighted by Gasteiger charge is 2.18. The third kappa shape index (κ3) is 6.85. The van der Waals surface area contributed by atoms with Crippen LogP contribution in [0.15, 0.2) is 60.9 Å². The van der Waals surface area contributed by atoms with Crippen LogP contribution in [0.1, 0.15) is 0 Å². The number of nitrogens with zero attached hydrogens (tertiary/aromatic N) is 6. The van der Waals surface area contributed by atoms with Crippen LogP contribution in [-0.2, 0) is 0 Å². The van der Waals surface area contributed by atoms with Gasteiger partial charge in [0.25, 0.3) is 0 Å². The third-order valence-corrected chi connectivity index (χ3v) is 7.59. The summed E-state index contributed by atoms with van der Waals surface area (Å²) >= 11 is 0. The molecule has 0 unspecified atom stereocenters. The van der Waals surface area contributed by atoms with Gasteiger partial charge in [-0.25, -0.2) is 0 Å². The lowest BCUT2D eigenvalue weighted by atomic mass is 10.1. The first-order valence-corrected chi connectivity index (χ1v) is 14.3. The highest BCUT2D eigenvalue weighted by Crippen LogP contribution is 2.42. The molecule has 0 saturated heterocycles. The minimum absolute atomic E-state index is 0.736. The van der Waals surface area contributed by atoms with Gasteiger partial charge in [0.15, 0.2) is 0 Å². The summed E-state index contributed by atoms with van der Waals surface area (Å²) in [4.78, 5) is 17.8. The normalized spacial score (nSPS) is 10.7. The van der Waals surface area contributed by atoms with Gasteiger partial charge in [0.05, 0.1) is 63.6 Å². The lowest BCUT2D eigenvalue weighted by Crippen LogP contribution is -2.30. The summed E-state index contributed by atoms with van der Waals surface area (Å²) in [6.07, 6.45) is 3.79. The molecule has 234 valence electrons. The van der Waals surface area contributed by atoms with Crippen molar-refractivity contribution in [1.29, 1.82) is 0 Å². The smallest absolute Gasteiger partial charge is 0.146 e. The van der Waals surface area contributed by atoms with Crippen LogP contribution in [0.25, 0.3) is 22.5 Å². The average molecular weight is 601 g/mol. The van der Waals surface area contributed by atoms with Gasteiger partial charge in [0.2, 0.25) is 0 Å². The Morgan fingerprint density at radius 1 is 0.500 bits per heavy atom. The molecule has 10 heteroatoms. The van der Waals surface area contributed by atoms with Gasteiger partial charge in [0, 0.05) is 66.5 Å². The van der Waals surface area contributed by atoms with Crippen molar-refractivity contribution in [2.75, 3.05) is 103 Å². The molecule has 0 radical (unpaired) electrons. The monoisotopic (exact) mass is 600 g/mol. The molecule has 0 saturated carbocycles. The molecule has 2 aromatic carbocycles. The molecule has 10 nitrogen and oxygen atoms in total. The first-order valence-electron chi connectivity index (χ1n) is 14.3. The van der Waals surface area contributed by atoms with E-state index in [0.717, 1.165) is 81.4 Å². The van der Waals surface area contributed by atoms with Gasteiger partial charge in [-0.05, 0) is 48.5 Å². The Labute approximate surface area is 261 Å². The molecule has 2 aromatic heterocycles. The lowest BCUT2D eigenvalue weighted by Gasteiger charge is -2.25. The minimum Gasteiger partial charge on any atom is -0.494 e. The van der Waals surface area contributed by atoms with Crippen LogP contribution >= 0.6 is 0 Å². The van der Waals surface area contributed by atoms with Crippen LogP contribution in [0.3, 0.4) is 0 Å². The molecule has 0 fully saturated rings. The molecule has 4 aromatic rings. The van der Waals surface area contributed by atoms with E-state index in [4.69, 9.17) is 28.9 Å². The molecule has 0 spiro atoms. The molecule has 0 aliphatic rings. The number of benzene rings is 2. The van der Waals surface area contributed by atoms with Crippen LogP contribution < -0.4 is 38.5 Å². The van der Waals surface area contributed by atoms with Gasteiger partial charge in [-0.1, -0.05) is 0 Å². The lowest BCUT2D eigenvalue weighted by molar-refractivity contribution is 0.395. The van der Waals surface area contributed by atoms with E-state index in [0.29, 0.717) is 0 Å². The molecule has 0 N–H and O–H groups in total. The predicted octanol–water partition coefficient (Wildman–Crippen LogP) is 5.55. The SMILES string of the molecule is COc1cc(-c2ccc(N(C)CCN(C)c3ccc(-c4cc(OC)c(N(C)C)c(OC)c4)nc3)cn2)cc(OC)c1N(C)C. The number of rotatable bonds is 13. The molecule has 0 aliphatic heterocycles. The zero-order valence-corrected chi connectivity index (χ0v) is 27.5. The van der Waals surface area contributed by atoms with Crippen LogP contribution in [-0.4, -0.2) is 93.8 Å². The first kappa shape index (κ1) is 32.1. The summed E-state index contributed by atoms with van der Waals surface area (Å²) < 4.78 is 22.6. The van der Waals surface area contributed by atoms with Crippen molar-refractivity contribution >= 4 is 22.7 Å². The standard InChI is InChI=1S/C34H44N6O4/c1-37(2)33-29(41-7)17-23(18-30(33)42-8)27-13-11-25(21-35-27)39(5)15-16-40(6)26-12-14-28(36-22-26)24-19-31(43-9)34(38(3)4)32(20-24)44-10/h11-14,17-22H,15-16H2,1-10H3. The quantitative estimate of drug-likeness (QED) is 0.195. The van der Waals surface area contributed by atoms with Crippen molar-refractivity contribution in [1.82, 2.24) is 9.97 Å². The van der Waals surface area contributed by atoms with Crippen molar-refractivity contribution in [2.45, 2.75) is 0 Å². The van der Waals surface area contributed by atoms with Crippen molar-refractivity contribution in [3.63, 3.8) is 0 Å². The van der Waals surface area contributed by atoms with E-state index in [-0.39, 0.29) is 0 Å². The number of hydrogen-bond acceptors (Lipinski definition) is 10. The van der Waals surface area contributed by atoms with Gasteiger partial charge >= 0.3 is 0 Å². The Kier molecular flexibility index (Phi) is 10.3. The predicted molar refractivity (Wildman–Crippen MR) is 181 cm³/mol. The van der Waals surface area contributed by atoms with Crippen LogP contribution in [0.4, 0.5) is 22.7 Å². The number of anilines is 4. The maximum atomic E-state index is 5.65.